The Bertz CT molecular complexity index is 945. The summed E-state index contributed by atoms with van der Waals surface area (Å²) in [5, 5.41) is 0. The van der Waals surface area contributed by atoms with Crippen molar-refractivity contribution in [2.45, 2.75) is 38.0 Å². The molecule has 2 aliphatic heterocycles. The number of nitrogens with zero attached hydrogens (tertiary/aromatic N) is 3. The molecule has 8 nitrogen and oxygen atoms in total. The van der Waals surface area contributed by atoms with Crippen LogP contribution < -0.4 is 4.72 Å². The molecule has 0 aromatic carbocycles. The fraction of sp³-hybridized carbons (Fsp3) is 0.632. The lowest BCUT2D eigenvalue weighted by atomic mass is 10.00. The van der Waals surface area contributed by atoms with Gasteiger partial charge in [-0.1, -0.05) is 6.07 Å². The van der Waals surface area contributed by atoms with Gasteiger partial charge in [0.2, 0.25) is 10.0 Å². The SMILES string of the molecule is Cc1ccc2ncc(CN3CCOC[C@@]4(CC[C@H](CNS(C)(=O)=O)O4)C3)n2c1. The van der Waals surface area contributed by atoms with E-state index in [-0.39, 0.29) is 11.7 Å². The van der Waals surface area contributed by atoms with E-state index in [1.165, 1.54) is 11.8 Å². The quantitative estimate of drug-likeness (QED) is 0.793. The number of nitrogens with one attached hydrogen (secondary N) is 1. The van der Waals surface area contributed by atoms with Crippen LogP contribution in [0.5, 0.6) is 0 Å². The molecule has 0 unspecified atom stereocenters. The minimum Gasteiger partial charge on any atom is -0.377 e. The summed E-state index contributed by atoms with van der Waals surface area (Å²) in [7, 11) is -3.21. The molecule has 2 aliphatic rings. The maximum absolute atomic E-state index is 11.4. The molecule has 1 N–H and O–H groups in total. The molecule has 2 fully saturated rings. The number of ether oxygens (including phenoxy) is 2. The van der Waals surface area contributed by atoms with E-state index in [1.807, 2.05) is 12.3 Å². The first-order valence-electron chi connectivity index (χ1n) is 9.67. The molecule has 9 heteroatoms. The lowest BCUT2D eigenvalue weighted by Crippen LogP contribution is -2.45. The molecule has 2 aromatic rings. The van der Waals surface area contributed by atoms with Crippen LogP contribution in [0.1, 0.15) is 24.1 Å². The molecule has 154 valence electrons. The Morgan fingerprint density at radius 3 is 3.07 bits per heavy atom. The van der Waals surface area contributed by atoms with Crippen molar-refractivity contribution in [1.29, 1.82) is 0 Å². The van der Waals surface area contributed by atoms with E-state index >= 15 is 0 Å². The van der Waals surface area contributed by atoms with Gasteiger partial charge < -0.3 is 13.9 Å². The Morgan fingerprint density at radius 2 is 2.25 bits per heavy atom. The number of hydrogen-bond donors (Lipinski definition) is 1. The molecule has 0 bridgehead atoms. The molecule has 2 saturated heterocycles. The number of imidazole rings is 1. The molecule has 28 heavy (non-hydrogen) atoms. The number of sulfonamides is 1. The summed E-state index contributed by atoms with van der Waals surface area (Å²) in [6.45, 7) is 5.96. The summed E-state index contributed by atoms with van der Waals surface area (Å²) < 4.78 is 39.6. The lowest BCUT2D eigenvalue weighted by molar-refractivity contribution is -0.0844. The third kappa shape index (κ3) is 4.55. The van der Waals surface area contributed by atoms with Crippen LogP contribution in [0.25, 0.3) is 5.65 Å². The molecule has 0 saturated carbocycles. The predicted octanol–water partition coefficient (Wildman–Crippen LogP) is 0.942. The summed E-state index contributed by atoms with van der Waals surface area (Å²) in [6, 6.07) is 4.10. The minimum absolute atomic E-state index is 0.114. The van der Waals surface area contributed by atoms with Crippen molar-refractivity contribution in [3.8, 4) is 0 Å². The highest BCUT2D eigenvalue weighted by Gasteiger charge is 2.43. The number of aromatic nitrogens is 2. The number of aryl methyl sites for hydroxylation is 1. The van der Waals surface area contributed by atoms with E-state index in [2.05, 4.69) is 38.2 Å². The zero-order valence-corrected chi connectivity index (χ0v) is 17.2. The summed E-state index contributed by atoms with van der Waals surface area (Å²) in [4.78, 5) is 6.86. The minimum atomic E-state index is -3.21. The van der Waals surface area contributed by atoms with Crippen molar-refractivity contribution in [2.24, 2.45) is 0 Å². The average molecular weight is 409 g/mol. The van der Waals surface area contributed by atoms with E-state index in [0.717, 1.165) is 43.8 Å². The fourth-order valence-corrected chi connectivity index (χ4v) is 4.60. The zero-order chi connectivity index (χ0) is 19.8. The van der Waals surface area contributed by atoms with Crippen LogP contribution in [0.4, 0.5) is 0 Å². The van der Waals surface area contributed by atoms with E-state index in [0.29, 0.717) is 19.8 Å². The topological polar surface area (TPSA) is 85.2 Å². The molecule has 4 heterocycles. The summed E-state index contributed by atoms with van der Waals surface area (Å²) in [5.74, 6) is 0. The van der Waals surface area contributed by atoms with E-state index in [4.69, 9.17) is 9.47 Å². The van der Waals surface area contributed by atoms with Gasteiger partial charge in [0.1, 0.15) is 11.2 Å². The van der Waals surface area contributed by atoms with Gasteiger partial charge in [-0.05, 0) is 31.4 Å². The van der Waals surface area contributed by atoms with Gasteiger partial charge in [-0.3, -0.25) is 4.90 Å². The second-order valence-corrected chi connectivity index (χ2v) is 9.86. The first-order valence-corrected chi connectivity index (χ1v) is 11.6. The van der Waals surface area contributed by atoms with Crippen LogP contribution in [0.15, 0.2) is 24.5 Å². The van der Waals surface area contributed by atoms with Crippen molar-refractivity contribution < 1.29 is 17.9 Å². The molecule has 0 aliphatic carbocycles. The van der Waals surface area contributed by atoms with Gasteiger partial charge in [0.25, 0.3) is 0 Å². The van der Waals surface area contributed by atoms with Gasteiger partial charge in [-0.2, -0.15) is 0 Å². The molecule has 2 aromatic heterocycles. The predicted molar refractivity (Wildman–Crippen MR) is 106 cm³/mol. The van der Waals surface area contributed by atoms with E-state index in [1.54, 1.807) is 0 Å². The molecular weight excluding hydrogens is 380 g/mol. The highest BCUT2D eigenvalue weighted by molar-refractivity contribution is 7.88. The van der Waals surface area contributed by atoms with Gasteiger partial charge in [-0.15, -0.1) is 0 Å². The Morgan fingerprint density at radius 1 is 1.39 bits per heavy atom. The molecule has 1 spiro atoms. The van der Waals surface area contributed by atoms with Crippen LogP contribution in [-0.4, -0.2) is 73.5 Å². The van der Waals surface area contributed by atoms with Crippen molar-refractivity contribution in [3.05, 3.63) is 35.8 Å². The first-order chi connectivity index (χ1) is 13.3. The molecule has 2 atom stereocenters. The second kappa shape index (κ2) is 7.72. The third-order valence-electron chi connectivity index (χ3n) is 5.46. The van der Waals surface area contributed by atoms with Crippen LogP contribution >= 0.6 is 0 Å². The Balaban J connectivity index is 1.45. The molecule has 0 radical (unpaired) electrons. The summed E-state index contributed by atoms with van der Waals surface area (Å²) in [6.07, 6.45) is 6.80. The lowest BCUT2D eigenvalue weighted by Gasteiger charge is -2.32. The molecule has 4 rings (SSSR count). The van der Waals surface area contributed by atoms with Gasteiger partial charge >= 0.3 is 0 Å². The number of hydrogen-bond acceptors (Lipinski definition) is 6. The van der Waals surface area contributed by atoms with Crippen molar-refractivity contribution >= 4 is 15.7 Å². The van der Waals surface area contributed by atoms with Crippen LogP contribution in [0.3, 0.4) is 0 Å². The standard InChI is InChI=1S/C19H28N4O4S/c1-15-3-4-18-20-9-16(23(18)11-15)12-22-7-8-26-14-19(13-22)6-5-17(27-19)10-21-28(2,24)25/h3-4,9,11,17,21H,5-8,10,12-14H2,1-2H3/t17-,19-/m1/s1. The largest absolute Gasteiger partial charge is 0.377 e. The smallest absolute Gasteiger partial charge is 0.208 e. The zero-order valence-electron chi connectivity index (χ0n) is 16.4. The fourth-order valence-electron chi connectivity index (χ4n) is 4.11. The maximum atomic E-state index is 11.4. The van der Waals surface area contributed by atoms with Crippen LogP contribution in [0, 0.1) is 6.92 Å². The number of pyridine rings is 1. The Hall–Kier alpha value is -1.52. The first kappa shape index (κ1) is 19.8. The van der Waals surface area contributed by atoms with Crippen molar-refractivity contribution in [3.63, 3.8) is 0 Å². The highest BCUT2D eigenvalue weighted by atomic mass is 32.2. The van der Waals surface area contributed by atoms with Gasteiger partial charge in [-0.25, -0.2) is 18.1 Å². The Kier molecular flexibility index (Phi) is 5.45. The van der Waals surface area contributed by atoms with Gasteiger partial charge in [0.05, 0.1) is 37.5 Å². The van der Waals surface area contributed by atoms with E-state index < -0.39 is 10.0 Å². The number of rotatable bonds is 5. The van der Waals surface area contributed by atoms with E-state index in [9.17, 15) is 8.42 Å². The van der Waals surface area contributed by atoms with Crippen LogP contribution in [-0.2, 0) is 26.0 Å². The number of fused-ring (bicyclic) bond motifs is 1. The second-order valence-electron chi connectivity index (χ2n) is 8.03. The Labute approximate surface area is 165 Å². The van der Waals surface area contributed by atoms with Gasteiger partial charge in [0.15, 0.2) is 0 Å². The van der Waals surface area contributed by atoms with Crippen molar-refractivity contribution in [1.82, 2.24) is 19.0 Å². The summed E-state index contributed by atoms with van der Waals surface area (Å²) >= 11 is 0. The maximum Gasteiger partial charge on any atom is 0.208 e. The monoisotopic (exact) mass is 408 g/mol. The third-order valence-corrected chi connectivity index (χ3v) is 6.15. The highest BCUT2D eigenvalue weighted by Crippen LogP contribution is 2.33. The van der Waals surface area contributed by atoms with Crippen molar-refractivity contribution in [2.75, 3.05) is 39.1 Å². The normalized spacial score (nSPS) is 26.9. The molecular formula is C19H28N4O4S. The van der Waals surface area contributed by atoms with Gasteiger partial charge in [0, 0.05) is 32.4 Å². The summed E-state index contributed by atoms with van der Waals surface area (Å²) in [5.41, 5.74) is 2.91. The average Bonchev–Trinajstić information content (AvgIpc) is 3.14. The van der Waals surface area contributed by atoms with Crippen LogP contribution in [0.2, 0.25) is 0 Å². The molecule has 0 amide bonds.